The summed E-state index contributed by atoms with van der Waals surface area (Å²) in [5, 5.41) is 0. The third-order valence-corrected chi connectivity index (χ3v) is 4.54. The van der Waals surface area contributed by atoms with Gasteiger partial charge in [-0.3, -0.25) is 0 Å². The first-order valence-corrected chi connectivity index (χ1v) is 8.31. The van der Waals surface area contributed by atoms with Gasteiger partial charge in [0.05, 0.1) is 0 Å². The van der Waals surface area contributed by atoms with Crippen LogP contribution in [0.3, 0.4) is 0 Å². The first-order chi connectivity index (χ1) is 10.8. The summed E-state index contributed by atoms with van der Waals surface area (Å²) >= 11 is 0. The Bertz CT molecular complexity index is 584. The zero-order valence-corrected chi connectivity index (χ0v) is 13.1. The molecule has 1 saturated carbocycles. The van der Waals surface area contributed by atoms with E-state index in [1.165, 1.54) is 11.1 Å². The summed E-state index contributed by atoms with van der Waals surface area (Å²) in [6, 6.07) is 8.49. The fourth-order valence-electron chi connectivity index (χ4n) is 3.21. The molecule has 116 valence electrons. The second kappa shape index (κ2) is 6.99. The van der Waals surface area contributed by atoms with Crippen molar-refractivity contribution in [2.75, 3.05) is 0 Å². The number of halogens is 1. The van der Waals surface area contributed by atoms with Gasteiger partial charge in [-0.1, -0.05) is 37.6 Å². The summed E-state index contributed by atoms with van der Waals surface area (Å²) < 4.78 is 13.2. The second-order valence-electron chi connectivity index (χ2n) is 6.24. The van der Waals surface area contributed by atoms with E-state index in [1.54, 1.807) is 0 Å². The first-order valence-electron chi connectivity index (χ1n) is 8.31. The number of aromatic nitrogens is 2. The van der Waals surface area contributed by atoms with Crippen LogP contribution >= 0.6 is 0 Å². The predicted octanol–water partition coefficient (Wildman–Crippen LogP) is 5.09. The van der Waals surface area contributed by atoms with E-state index in [0.29, 0.717) is 18.8 Å². The van der Waals surface area contributed by atoms with Crippen LogP contribution in [0.25, 0.3) is 11.4 Å². The molecule has 1 aliphatic carbocycles. The predicted molar refractivity (Wildman–Crippen MR) is 87.6 cm³/mol. The van der Waals surface area contributed by atoms with Gasteiger partial charge < -0.3 is 0 Å². The molecule has 0 spiro atoms. The van der Waals surface area contributed by atoms with Crippen LogP contribution in [-0.4, -0.2) is 16.1 Å². The molecule has 1 heterocycles. The number of nitrogens with zero attached hydrogens (tertiary/aromatic N) is 2. The van der Waals surface area contributed by atoms with Crippen molar-refractivity contribution >= 4 is 0 Å². The van der Waals surface area contributed by atoms with Crippen LogP contribution in [0.4, 0.5) is 4.39 Å². The maximum atomic E-state index is 13.2. The molecule has 0 aliphatic heterocycles. The fraction of sp³-hybridized carbons (Fsp3) is 0.474. The molecule has 1 aromatic heterocycles. The minimum absolute atomic E-state index is 0.508. The zero-order valence-electron chi connectivity index (χ0n) is 13.1. The number of benzene rings is 1. The van der Waals surface area contributed by atoms with E-state index >= 15 is 0 Å². The maximum Gasteiger partial charge on any atom is 0.159 e. The molecule has 1 aromatic carbocycles. The molecular formula is C19H23FN2. The molecule has 2 nitrogen and oxygen atoms in total. The average Bonchev–Trinajstić information content (AvgIpc) is 2.57. The summed E-state index contributed by atoms with van der Waals surface area (Å²) in [6.07, 6.45) is 8.71. The van der Waals surface area contributed by atoms with Crippen molar-refractivity contribution in [1.82, 2.24) is 9.97 Å². The monoisotopic (exact) mass is 298 g/mol. The number of alkyl halides is 1. The van der Waals surface area contributed by atoms with Gasteiger partial charge >= 0.3 is 0 Å². The second-order valence-corrected chi connectivity index (χ2v) is 6.24. The van der Waals surface area contributed by atoms with Crippen molar-refractivity contribution in [3.8, 4) is 11.4 Å². The lowest BCUT2D eigenvalue weighted by Gasteiger charge is -2.24. The highest BCUT2D eigenvalue weighted by Crippen LogP contribution is 2.34. The summed E-state index contributed by atoms with van der Waals surface area (Å²) in [5.41, 5.74) is 3.55. The lowest BCUT2D eigenvalue weighted by Crippen LogP contribution is -2.13. The van der Waals surface area contributed by atoms with Gasteiger partial charge in [-0.25, -0.2) is 14.4 Å². The lowest BCUT2D eigenvalue weighted by atomic mass is 9.83. The number of aryl methyl sites for hydroxylation is 1. The molecule has 0 N–H and O–H groups in total. The van der Waals surface area contributed by atoms with Crippen molar-refractivity contribution in [3.63, 3.8) is 0 Å². The van der Waals surface area contributed by atoms with Crippen LogP contribution in [0.15, 0.2) is 36.7 Å². The highest BCUT2D eigenvalue weighted by molar-refractivity contribution is 5.55. The first kappa shape index (κ1) is 15.1. The van der Waals surface area contributed by atoms with E-state index < -0.39 is 6.17 Å². The summed E-state index contributed by atoms with van der Waals surface area (Å²) in [7, 11) is 0. The molecule has 0 radical (unpaired) electrons. The van der Waals surface area contributed by atoms with Gasteiger partial charge in [-0.05, 0) is 49.1 Å². The Hall–Kier alpha value is -1.77. The molecule has 1 aliphatic rings. The van der Waals surface area contributed by atoms with Crippen molar-refractivity contribution in [2.45, 2.75) is 57.5 Å². The van der Waals surface area contributed by atoms with Gasteiger partial charge in [0.1, 0.15) is 6.17 Å². The lowest BCUT2D eigenvalue weighted by molar-refractivity contribution is 0.235. The SMILES string of the molecule is CCCc1cnc(-c2ccc(C3CCC(F)CC3)cc2)nc1. The van der Waals surface area contributed by atoms with E-state index in [2.05, 4.69) is 41.2 Å². The molecular weight excluding hydrogens is 275 g/mol. The maximum absolute atomic E-state index is 13.2. The minimum atomic E-state index is -0.592. The van der Waals surface area contributed by atoms with Crippen LogP contribution in [0.2, 0.25) is 0 Å². The Morgan fingerprint density at radius 3 is 2.23 bits per heavy atom. The Morgan fingerprint density at radius 1 is 1.00 bits per heavy atom. The van der Waals surface area contributed by atoms with Gasteiger partial charge in [0.2, 0.25) is 0 Å². The van der Waals surface area contributed by atoms with E-state index in [1.807, 2.05) is 12.4 Å². The number of rotatable bonds is 4. The third kappa shape index (κ3) is 3.52. The number of hydrogen-bond acceptors (Lipinski definition) is 2. The molecule has 22 heavy (non-hydrogen) atoms. The zero-order chi connectivity index (χ0) is 15.4. The van der Waals surface area contributed by atoms with E-state index in [0.717, 1.165) is 37.1 Å². The van der Waals surface area contributed by atoms with Crippen LogP contribution in [-0.2, 0) is 6.42 Å². The van der Waals surface area contributed by atoms with Crippen LogP contribution in [0, 0.1) is 0 Å². The van der Waals surface area contributed by atoms with Gasteiger partial charge in [0, 0.05) is 18.0 Å². The standard InChI is InChI=1S/C19H23FN2/c1-2-3-14-12-21-19(22-13-14)17-6-4-15(5-7-17)16-8-10-18(20)11-9-16/h4-7,12-13,16,18H,2-3,8-11H2,1H3. The molecule has 0 atom stereocenters. The van der Waals surface area contributed by atoms with Crippen LogP contribution in [0.1, 0.15) is 56.1 Å². The fourth-order valence-corrected chi connectivity index (χ4v) is 3.21. The van der Waals surface area contributed by atoms with Crippen molar-refractivity contribution in [1.29, 1.82) is 0 Å². The van der Waals surface area contributed by atoms with Crippen LogP contribution < -0.4 is 0 Å². The average molecular weight is 298 g/mol. The Labute approximate surface area is 131 Å². The van der Waals surface area contributed by atoms with Gasteiger partial charge in [0.15, 0.2) is 5.82 Å². The summed E-state index contributed by atoms with van der Waals surface area (Å²) in [6.45, 7) is 2.16. The quantitative estimate of drug-likeness (QED) is 0.785. The Balaban J connectivity index is 1.70. The molecule has 0 unspecified atom stereocenters. The van der Waals surface area contributed by atoms with Crippen molar-refractivity contribution < 1.29 is 4.39 Å². The highest BCUT2D eigenvalue weighted by Gasteiger charge is 2.21. The normalized spacial score (nSPS) is 21.7. The molecule has 3 heteroatoms. The largest absolute Gasteiger partial charge is 0.247 e. The number of hydrogen-bond donors (Lipinski definition) is 0. The Kier molecular flexibility index (Phi) is 4.81. The molecule has 2 aromatic rings. The minimum Gasteiger partial charge on any atom is -0.247 e. The highest BCUT2D eigenvalue weighted by atomic mass is 19.1. The molecule has 1 fully saturated rings. The van der Waals surface area contributed by atoms with Crippen LogP contribution in [0.5, 0.6) is 0 Å². The van der Waals surface area contributed by atoms with Crippen molar-refractivity contribution in [3.05, 3.63) is 47.8 Å². The van der Waals surface area contributed by atoms with Crippen molar-refractivity contribution in [2.24, 2.45) is 0 Å². The van der Waals surface area contributed by atoms with Gasteiger partial charge in [-0.15, -0.1) is 0 Å². The third-order valence-electron chi connectivity index (χ3n) is 4.54. The van der Waals surface area contributed by atoms with E-state index in [9.17, 15) is 4.39 Å². The summed E-state index contributed by atoms with van der Waals surface area (Å²) in [4.78, 5) is 8.92. The smallest absolute Gasteiger partial charge is 0.159 e. The summed E-state index contributed by atoms with van der Waals surface area (Å²) in [5.74, 6) is 1.28. The molecule has 0 bridgehead atoms. The topological polar surface area (TPSA) is 25.8 Å². The molecule has 0 saturated heterocycles. The van der Waals surface area contributed by atoms with E-state index in [4.69, 9.17) is 0 Å². The molecule has 3 rings (SSSR count). The van der Waals surface area contributed by atoms with Gasteiger partial charge in [-0.2, -0.15) is 0 Å². The molecule has 0 amide bonds. The van der Waals surface area contributed by atoms with Gasteiger partial charge in [0.25, 0.3) is 0 Å². The Morgan fingerprint density at radius 2 is 1.64 bits per heavy atom. The van der Waals surface area contributed by atoms with E-state index in [-0.39, 0.29) is 0 Å².